The van der Waals surface area contributed by atoms with Gasteiger partial charge in [-0.1, -0.05) is 0 Å². The molecule has 0 unspecified atom stereocenters. The molecule has 1 aliphatic carbocycles. The Morgan fingerprint density at radius 3 is 1.76 bits per heavy atom. The lowest BCUT2D eigenvalue weighted by atomic mass is 9.82. The molecule has 0 N–H and O–H groups in total. The van der Waals surface area contributed by atoms with Crippen molar-refractivity contribution < 1.29 is 23.9 Å². The summed E-state index contributed by atoms with van der Waals surface area (Å²) < 4.78 is 12.6. The molecular weight excluding hydrogens is 374 g/mol. The van der Waals surface area contributed by atoms with E-state index in [1.807, 2.05) is 20.8 Å². The van der Waals surface area contributed by atoms with Crippen molar-refractivity contribution in [1.82, 2.24) is 9.78 Å². The van der Waals surface area contributed by atoms with Crippen LogP contribution in [0.1, 0.15) is 86.8 Å². The second-order valence-electron chi connectivity index (χ2n) is 10.4. The van der Waals surface area contributed by atoms with Crippen molar-refractivity contribution in [3.8, 4) is 0 Å². The summed E-state index contributed by atoms with van der Waals surface area (Å²) >= 11 is 0. The van der Waals surface area contributed by atoms with Crippen LogP contribution in [-0.2, 0) is 19.8 Å². The van der Waals surface area contributed by atoms with Crippen molar-refractivity contribution in [1.29, 1.82) is 0 Å². The van der Waals surface area contributed by atoms with Gasteiger partial charge < -0.3 is 9.47 Å². The van der Waals surface area contributed by atoms with E-state index in [0.717, 1.165) is 4.90 Å². The number of rotatable bonds is 2. The molecule has 1 heterocycles. The summed E-state index contributed by atoms with van der Waals surface area (Å²) in [6, 6.07) is 1.68. The summed E-state index contributed by atoms with van der Waals surface area (Å²) in [6.07, 6.45) is -0.847. The molecule has 8 nitrogen and oxygen atoms in total. The highest BCUT2D eigenvalue weighted by Gasteiger charge is 2.39. The first-order valence-corrected chi connectivity index (χ1v) is 9.86. The fraction of sp³-hybridized carbons (Fsp3) is 0.714. The zero-order valence-corrected chi connectivity index (χ0v) is 19.0. The second-order valence-corrected chi connectivity index (χ2v) is 10.4. The number of anilines is 1. The fourth-order valence-corrected chi connectivity index (χ4v) is 2.82. The van der Waals surface area contributed by atoms with E-state index in [1.54, 1.807) is 52.3 Å². The van der Waals surface area contributed by atoms with Crippen molar-refractivity contribution in [2.45, 2.75) is 97.8 Å². The van der Waals surface area contributed by atoms with Crippen LogP contribution in [0, 0.1) is 0 Å². The average Bonchev–Trinajstić information content (AvgIpc) is 2.84. The lowest BCUT2D eigenvalue weighted by molar-refractivity contribution is -0.124. The molecule has 0 aliphatic heterocycles. The Morgan fingerprint density at radius 2 is 1.41 bits per heavy atom. The highest BCUT2D eigenvalue weighted by Crippen LogP contribution is 2.37. The summed E-state index contributed by atoms with van der Waals surface area (Å²) in [5.74, 6) is 0.428. The van der Waals surface area contributed by atoms with Crippen LogP contribution in [0.5, 0.6) is 0 Å². The Balaban J connectivity index is 2.54. The third-order valence-corrected chi connectivity index (χ3v) is 4.09. The van der Waals surface area contributed by atoms with Gasteiger partial charge in [0, 0.05) is 24.8 Å². The van der Waals surface area contributed by atoms with Crippen LogP contribution in [-0.4, -0.2) is 39.0 Å². The summed E-state index contributed by atoms with van der Waals surface area (Å²) in [7, 11) is 0. The highest BCUT2D eigenvalue weighted by molar-refractivity contribution is 6.09. The van der Waals surface area contributed by atoms with E-state index in [9.17, 15) is 14.4 Å². The SMILES string of the molecule is CC(C)(C)OC(=O)N(C(=O)OC(C)(C)C)c1cc(C2CC(=O)C2)nn1C(C)(C)C. The zero-order chi connectivity index (χ0) is 22.4. The highest BCUT2D eigenvalue weighted by atomic mass is 16.6. The van der Waals surface area contributed by atoms with Gasteiger partial charge in [0.1, 0.15) is 22.8 Å². The first-order valence-electron chi connectivity index (χ1n) is 9.86. The number of Topliss-reactive ketones (excluding diaryl/α,β-unsaturated/α-hetero) is 1. The van der Waals surface area contributed by atoms with Crippen molar-refractivity contribution in [3.05, 3.63) is 11.8 Å². The summed E-state index contributed by atoms with van der Waals surface area (Å²) in [6.45, 7) is 16.1. The van der Waals surface area contributed by atoms with Gasteiger partial charge in [-0.05, 0) is 62.3 Å². The maximum absolute atomic E-state index is 13.0. The third kappa shape index (κ3) is 5.81. The molecule has 1 fully saturated rings. The van der Waals surface area contributed by atoms with Crippen molar-refractivity contribution in [2.75, 3.05) is 4.90 Å². The minimum absolute atomic E-state index is 0.0102. The van der Waals surface area contributed by atoms with Gasteiger partial charge in [0.05, 0.1) is 11.2 Å². The molecule has 8 heteroatoms. The van der Waals surface area contributed by atoms with Gasteiger partial charge in [0.15, 0.2) is 0 Å². The fourth-order valence-electron chi connectivity index (χ4n) is 2.82. The largest absolute Gasteiger partial charge is 0.443 e. The summed E-state index contributed by atoms with van der Waals surface area (Å²) in [5, 5.41) is 4.62. The number of ketones is 1. The van der Waals surface area contributed by atoms with Gasteiger partial charge in [-0.15, -0.1) is 0 Å². The smallest absolute Gasteiger partial charge is 0.425 e. The predicted octanol–water partition coefficient (Wildman–Crippen LogP) is 4.76. The Kier molecular flexibility index (Phi) is 5.89. The molecule has 0 spiro atoms. The second kappa shape index (κ2) is 7.46. The molecule has 1 saturated carbocycles. The topological polar surface area (TPSA) is 90.7 Å². The number of ether oxygens (including phenoxy) is 2. The number of carbonyl (C=O) groups is 3. The first-order chi connectivity index (χ1) is 13.0. The number of hydrogen-bond acceptors (Lipinski definition) is 6. The minimum Gasteiger partial charge on any atom is -0.443 e. The van der Waals surface area contributed by atoms with Gasteiger partial charge in [-0.3, -0.25) is 4.79 Å². The third-order valence-electron chi connectivity index (χ3n) is 4.09. The van der Waals surface area contributed by atoms with E-state index < -0.39 is 28.9 Å². The standard InChI is InChI=1S/C21H33N3O5/c1-19(2,3)24-16(12-15(22-24)13-10-14(25)11-13)23(17(26)28-20(4,5)6)18(27)29-21(7,8)9/h12-13H,10-11H2,1-9H3. The van der Waals surface area contributed by atoms with Gasteiger partial charge >= 0.3 is 12.2 Å². The van der Waals surface area contributed by atoms with Crippen LogP contribution < -0.4 is 4.90 Å². The summed E-state index contributed by atoms with van der Waals surface area (Å²) in [4.78, 5) is 38.3. The van der Waals surface area contributed by atoms with Crippen molar-refractivity contribution >= 4 is 23.8 Å². The maximum Gasteiger partial charge on any atom is 0.425 e. The molecule has 162 valence electrons. The van der Waals surface area contributed by atoms with E-state index in [0.29, 0.717) is 18.5 Å². The lowest BCUT2D eigenvalue weighted by Crippen LogP contribution is -2.45. The molecule has 0 saturated heterocycles. The Bertz CT molecular complexity index is 770. The molecule has 1 aromatic heterocycles. The van der Waals surface area contributed by atoms with Gasteiger partial charge in [-0.25, -0.2) is 14.3 Å². The normalized spacial score (nSPS) is 15.7. The predicted molar refractivity (Wildman–Crippen MR) is 109 cm³/mol. The molecule has 29 heavy (non-hydrogen) atoms. The quantitative estimate of drug-likeness (QED) is 0.702. The number of carbonyl (C=O) groups excluding carboxylic acids is 3. The molecular formula is C21H33N3O5. The van der Waals surface area contributed by atoms with Crippen molar-refractivity contribution in [2.24, 2.45) is 0 Å². The molecule has 0 aromatic carbocycles. The van der Waals surface area contributed by atoms with Gasteiger partial charge in [0.2, 0.25) is 0 Å². The molecule has 2 rings (SSSR count). The molecule has 2 amide bonds. The van der Waals surface area contributed by atoms with E-state index >= 15 is 0 Å². The van der Waals surface area contributed by atoms with Crippen LogP contribution in [0.25, 0.3) is 0 Å². The van der Waals surface area contributed by atoms with E-state index in [1.165, 1.54) is 0 Å². The number of nitrogens with zero attached hydrogens (tertiary/aromatic N) is 3. The van der Waals surface area contributed by atoms with Crippen LogP contribution in [0.15, 0.2) is 6.07 Å². The van der Waals surface area contributed by atoms with E-state index in [4.69, 9.17) is 9.47 Å². The Hall–Kier alpha value is -2.38. The van der Waals surface area contributed by atoms with Crippen LogP contribution in [0.4, 0.5) is 15.4 Å². The summed E-state index contributed by atoms with van der Waals surface area (Å²) in [5.41, 5.74) is -1.45. The van der Waals surface area contributed by atoms with Gasteiger partial charge in [0.25, 0.3) is 0 Å². The van der Waals surface area contributed by atoms with Gasteiger partial charge in [-0.2, -0.15) is 10.00 Å². The number of amides is 2. The molecule has 0 radical (unpaired) electrons. The number of aromatic nitrogens is 2. The maximum atomic E-state index is 13.0. The van der Waals surface area contributed by atoms with Crippen molar-refractivity contribution in [3.63, 3.8) is 0 Å². The van der Waals surface area contributed by atoms with Crippen LogP contribution in [0.2, 0.25) is 0 Å². The van der Waals surface area contributed by atoms with E-state index in [-0.39, 0.29) is 17.5 Å². The number of hydrogen-bond donors (Lipinski definition) is 0. The lowest BCUT2D eigenvalue weighted by Gasteiger charge is -2.30. The van der Waals surface area contributed by atoms with Crippen LogP contribution >= 0.6 is 0 Å². The molecule has 1 aliphatic rings. The average molecular weight is 408 g/mol. The Labute approximate surface area is 172 Å². The van der Waals surface area contributed by atoms with E-state index in [2.05, 4.69) is 5.10 Å². The Morgan fingerprint density at radius 1 is 0.966 bits per heavy atom. The zero-order valence-electron chi connectivity index (χ0n) is 19.0. The molecule has 0 atom stereocenters. The van der Waals surface area contributed by atoms with Crippen LogP contribution in [0.3, 0.4) is 0 Å². The monoisotopic (exact) mass is 407 g/mol. The molecule has 0 bridgehead atoms. The number of imide groups is 1. The molecule has 1 aromatic rings. The first kappa shape index (κ1) is 22.9. The minimum atomic E-state index is -0.839.